The third-order valence-electron chi connectivity index (χ3n) is 2.91. The zero-order chi connectivity index (χ0) is 15.6. The first-order valence-corrected chi connectivity index (χ1v) is 8.54. The van der Waals surface area contributed by atoms with Crippen molar-refractivity contribution in [3.63, 3.8) is 0 Å². The lowest BCUT2D eigenvalue weighted by Gasteiger charge is -2.17. The first-order chi connectivity index (χ1) is 9.80. The summed E-state index contributed by atoms with van der Waals surface area (Å²) in [6, 6.07) is 11.1. The summed E-state index contributed by atoms with van der Waals surface area (Å²) in [5.74, 6) is 0. The second-order valence-electron chi connectivity index (χ2n) is 4.46. The molecule has 112 valence electrons. The van der Waals surface area contributed by atoms with Gasteiger partial charge in [0.2, 0.25) is 10.0 Å². The highest BCUT2D eigenvalue weighted by molar-refractivity contribution is 7.89. The van der Waals surface area contributed by atoms with E-state index < -0.39 is 10.0 Å². The Morgan fingerprint density at radius 3 is 2.14 bits per heavy atom. The van der Waals surface area contributed by atoms with E-state index in [4.69, 9.17) is 34.8 Å². The molecule has 3 nitrogen and oxygen atoms in total. The lowest BCUT2D eigenvalue weighted by atomic mass is 10.2. The van der Waals surface area contributed by atoms with Crippen molar-refractivity contribution in [3.8, 4) is 0 Å². The van der Waals surface area contributed by atoms with Gasteiger partial charge in [0.15, 0.2) is 0 Å². The van der Waals surface area contributed by atoms with Gasteiger partial charge in [-0.3, -0.25) is 0 Å². The minimum Gasteiger partial charge on any atom is -0.207 e. The van der Waals surface area contributed by atoms with Crippen molar-refractivity contribution in [2.45, 2.75) is 11.4 Å². The smallest absolute Gasteiger partial charge is 0.207 e. The molecule has 0 unspecified atom stereocenters. The van der Waals surface area contributed by atoms with E-state index in [1.54, 1.807) is 30.3 Å². The lowest BCUT2D eigenvalue weighted by Crippen LogP contribution is -2.26. The third-order valence-corrected chi connectivity index (χ3v) is 5.72. The number of rotatable bonds is 4. The van der Waals surface area contributed by atoms with Crippen LogP contribution in [0.25, 0.3) is 0 Å². The van der Waals surface area contributed by atoms with Crippen LogP contribution >= 0.6 is 34.8 Å². The Hall–Kier alpha value is -0.780. The largest absolute Gasteiger partial charge is 0.243 e. The van der Waals surface area contributed by atoms with Gasteiger partial charge in [0.1, 0.15) is 0 Å². The van der Waals surface area contributed by atoms with Crippen molar-refractivity contribution in [3.05, 3.63) is 63.1 Å². The quantitative estimate of drug-likeness (QED) is 0.803. The summed E-state index contributed by atoms with van der Waals surface area (Å²) in [6.45, 7) is 0.196. The van der Waals surface area contributed by atoms with E-state index in [9.17, 15) is 8.42 Å². The molecule has 0 heterocycles. The highest BCUT2D eigenvalue weighted by Crippen LogP contribution is 2.24. The van der Waals surface area contributed by atoms with Gasteiger partial charge >= 0.3 is 0 Å². The minimum absolute atomic E-state index is 0.189. The van der Waals surface area contributed by atoms with Crippen molar-refractivity contribution >= 4 is 44.8 Å². The Bertz CT molecular complexity index is 745. The van der Waals surface area contributed by atoms with Crippen LogP contribution in [0, 0.1) is 0 Å². The van der Waals surface area contributed by atoms with Gasteiger partial charge in [0.05, 0.1) is 14.9 Å². The van der Waals surface area contributed by atoms with Gasteiger partial charge in [-0.2, -0.15) is 4.31 Å². The van der Waals surface area contributed by atoms with Crippen molar-refractivity contribution in [1.29, 1.82) is 0 Å². The molecule has 0 radical (unpaired) electrons. The molecule has 0 atom stereocenters. The van der Waals surface area contributed by atoms with E-state index in [-0.39, 0.29) is 11.4 Å². The predicted octanol–water partition coefficient (Wildman–Crippen LogP) is 4.47. The van der Waals surface area contributed by atoms with Crippen molar-refractivity contribution in [2.24, 2.45) is 0 Å². The van der Waals surface area contributed by atoms with Crippen LogP contribution in [-0.4, -0.2) is 19.8 Å². The van der Waals surface area contributed by atoms with Crippen LogP contribution < -0.4 is 0 Å². The number of benzene rings is 2. The Balaban J connectivity index is 2.24. The summed E-state index contributed by atoms with van der Waals surface area (Å²) in [5, 5.41) is 1.32. The van der Waals surface area contributed by atoms with Gasteiger partial charge in [-0.1, -0.05) is 40.9 Å². The highest BCUT2D eigenvalue weighted by Gasteiger charge is 2.20. The molecule has 2 aromatic rings. The molecule has 0 aliphatic rings. The first kappa shape index (κ1) is 16.6. The fraction of sp³-hybridized carbons (Fsp3) is 0.143. The Morgan fingerprint density at radius 1 is 0.952 bits per heavy atom. The molecule has 0 aliphatic heterocycles. The summed E-state index contributed by atoms with van der Waals surface area (Å²) in [6.07, 6.45) is 0. The average Bonchev–Trinajstić information content (AvgIpc) is 2.43. The van der Waals surface area contributed by atoms with Crippen LogP contribution in [0.3, 0.4) is 0 Å². The Morgan fingerprint density at radius 2 is 1.57 bits per heavy atom. The summed E-state index contributed by atoms with van der Waals surface area (Å²) in [5.41, 5.74) is 0.754. The molecule has 0 saturated heterocycles. The molecule has 2 rings (SSSR count). The third kappa shape index (κ3) is 3.90. The van der Waals surface area contributed by atoms with E-state index in [0.29, 0.717) is 15.1 Å². The Labute approximate surface area is 139 Å². The number of sulfonamides is 1. The van der Waals surface area contributed by atoms with Crippen LogP contribution in [0.5, 0.6) is 0 Å². The molecule has 7 heteroatoms. The van der Waals surface area contributed by atoms with E-state index in [1.165, 1.54) is 23.5 Å². The monoisotopic (exact) mass is 363 g/mol. The van der Waals surface area contributed by atoms with Crippen LogP contribution in [-0.2, 0) is 16.6 Å². The summed E-state index contributed by atoms with van der Waals surface area (Å²) in [4.78, 5) is 0.189. The second kappa shape index (κ2) is 6.55. The number of hydrogen-bond acceptors (Lipinski definition) is 2. The van der Waals surface area contributed by atoms with E-state index in [2.05, 4.69) is 0 Å². The van der Waals surface area contributed by atoms with E-state index in [1.807, 2.05) is 0 Å². The maximum Gasteiger partial charge on any atom is 0.243 e. The fourth-order valence-corrected chi connectivity index (χ4v) is 3.37. The standard InChI is InChI=1S/C14H12Cl3NO2S/c1-18(9-10-2-7-13(16)14(17)8-10)21(19,20)12-5-3-11(15)4-6-12/h2-8H,9H2,1H3. The second-order valence-corrected chi connectivity index (χ2v) is 7.76. The molecule has 0 saturated carbocycles. The molecule has 0 aliphatic carbocycles. The van der Waals surface area contributed by atoms with Crippen LogP contribution in [0.15, 0.2) is 47.4 Å². The van der Waals surface area contributed by atoms with E-state index in [0.717, 1.165) is 5.56 Å². The molecule has 0 fully saturated rings. The molecular weight excluding hydrogens is 353 g/mol. The van der Waals surface area contributed by atoms with Gasteiger partial charge in [0, 0.05) is 18.6 Å². The van der Waals surface area contributed by atoms with Gasteiger partial charge < -0.3 is 0 Å². The predicted molar refractivity (Wildman–Crippen MR) is 86.6 cm³/mol. The van der Waals surface area contributed by atoms with Gasteiger partial charge in [-0.15, -0.1) is 0 Å². The molecule has 0 spiro atoms. The van der Waals surface area contributed by atoms with Crippen molar-refractivity contribution in [1.82, 2.24) is 4.31 Å². The first-order valence-electron chi connectivity index (χ1n) is 5.96. The van der Waals surface area contributed by atoms with Crippen molar-refractivity contribution < 1.29 is 8.42 Å². The molecule has 21 heavy (non-hydrogen) atoms. The highest BCUT2D eigenvalue weighted by atomic mass is 35.5. The molecular formula is C14H12Cl3NO2S. The van der Waals surface area contributed by atoms with Crippen LogP contribution in [0.1, 0.15) is 5.56 Å². The molecule has 0 amide bonds. The SMILES string of the molecule is CN(Cc1ccc(Cl)c(Cl)c1)S(=O)(=O)c1ccc(Cl)cc1. The van der Waals surface area contributed by atoms with Gasteiger partial charge in [-0.25, -0.2) is 8.42 Å². The zero-order valence-electron chi connectivity index (χ0n) is 11.1. The molecule has 2 aromatic carbocycles. The fourth-order valence-electron chi connectivity index (χ4n) is 1.77. The summed E-state index contributed by atoms with van der Waals surface area (Å²) in [7, 11) is -2.07. The molecule has 0 N–H and O–H groups in total. The Kier molecular flexibility index (Phi) is 5.17. The lowest BCUT2D eigenvalue weighted by molar-refractivity contribution is 0.467. The normalized spacial score (nSPS) is 11.9. The topological polar surface area (TPSA) is 37.4 Å². The van der Waals surface area contributed by atoms with Crippen LogP contribution in [0.4, 0.5) is 0 Å². The minimum atomic E-state index is -3.58. The van der Waals surface area contributed by atoms with Crippen LogP contribution in [0.2, 0.25) is 15.1 Å². The van der Waals surface area contributed by atoms with Gasteiger partial charge in [-0.05, 0) is 42.0 Å². The number of nitrogens with zero attached hydrogens (tertiary/aromatic N) is 1. The molecule has 0 bridgehead atoms. The van der Waals surface area contributed by atoms with E-state index >= 15 is 0 Å². The molecule has 0 aromatic heterocycles. The zero-order valence-corrected chi connectivity index (χ0v) is 14.1. The van der Waals surface area contributed by atoms with Gasteiger partial charge in [0.25, 0.3) is 0 Å². The average molecular weight is 365 g/mol. The maximum atomic E-state index is 12.4. The summed E-state index contributed by atoms with van der Waals surface area (Å²) >= 11 is 17.5. The summed E-state index contributed by atoms with van der Waals surface area (Å²) < 4.78 is 26.1. The van der Waals surface area contributed by atoms with Crippen molar-refractivity contribution in [2.75, 3.05) is 7.05 Å². The number of hydrogen-bond donors (Lipinski definition) is 0. The maximum absolute atomic E-state index is 12.4. The number of halogens is 3.